The molecule has 1 aromatic carbocycles. The minimum atomic E-state index is -0.0677. The van der Waals surface area contributed by atoms with Crippen LogP contribution >= 0.6 is 12.4 Å². The maximum atomic E-state index is 12.0. The number of nitrogens with zero attached hydrogens (tertiary/aromatic N) is 1. The molecule has 1 aliphatic heterocycles. The number of hydrogen-bond donors (Lipinski definition) is 2. The highest BCUT2D eigenvalue weighted by molar-refractivity contribution is 5.85. The monoisotopic (exact) mass is 363 g/mol. The predicted molar refractivity (Wildman–Crippen MR) is 97.4 cm³/mol. The lowest BCUT2D eigenvalue weighted by atomic mass is 10.2. The van der Waals surface area contributed by atoms with Crippen molar-refractivity contribution in [1.29, 1.82) is 0 Å². The van der Waals surface area contributed by atoms with Crippen LogP contribution in [0.15, 0.2) is 42.6 Å². The number of carbonyl (C=O) groups is 1. The highest BCUT2D eigenvalue weighted by atomic mass is 35.5. The zero-order valence-corrected chi connectivity index (χ0v) is 14.8. The molecule has 1 aliphatic rings. The molecule has 1 atom stereocenters. The van der Waals surface area contributed by atoms with E-state index in [2.05, 4.69) is 15.6 Å². The number of amides is 1. The zero-order valence-electron chi connectivity index (χ0n) is 14.0. The van der Waals surface area contributed by atoms with Gasteiger partial charge in [0.15, 0.2) is 0 Å². The van der Waals surface area contributed by atoms with Gasteiger partial charge in [0.2, 0.25) is 11.8 Å². The molecule has 1 fully saturated rings. The second-order valence-corrected chi connectivity index (χ2v) is 5.65. The number of aromatic nitrogens is 1. The number of halogens is 1. The Kier molecular flexibility index (Phi) is 7.03. The maximum Gasteiger partial charge on any atom is 0.237 e. The first-order chi connectivity index (χ1) is 11.7. The van der Waals surface area contributed by atoms with E-state index in [4.69, 9.17) is 9.47 Å². The summed E-state index contributed by atoms with van der Waals surface area (Å²) in [5.41, 5.74) is 0.944. The van der Waals surface area contributed by atoms with Crippen molar-refractivity contribution < 1.29 is 14.3 Å². The van der Waals surface area contributed by atoms with E-state index in [-0.39, 0.29) is 24.4 Å². The first kappa shape index (κ1) is 19.0. The molecule has 1 amide bonds. The van der Waals surface area contributed by atoms with Crippen molar-refractivity contribution in [2.45, 2.75) is 25.4 Å². The van der Waals surface area contributed by atoms with E-state index in [0.29, 0.717) is 18.2 Å². The molecule has 6 nitrogen and oxygen atoms in total. The van der Waals surface area contributed by atoms with Crippen LogP contribution in [0.5, 0.6) is 17.4 Å². The Balaban J connectivity index is 0.00000225. The summed E-state index contributed by atoms with van der Waals surface area (Å²) in [6.45, 7) is 1.37. The second-order valence-electron chi connectivity index (χ2n) is 5.65. The van der Waals surface area contributed by atoms with Crippen LogP contribution in [0.25, 0.3) is 0 Å². The SMILES string of the molecule is COc1ccc(Oc2cc(CNC(=O)C3CCCN3)ccn2)cc1.Cl. The fourth-order valence-electron chi connectivity index (χ4n) is 2.60. The van der Waals surface area contributed by atoms with Crippen LogP contribution in [-0.4, -0.2) is 30.6 Å². The van der Waals surface area contributed by atoms with Crippen molar-refractivity contribution in [3.8, 4) is 17.4 Å². The fourth-order valence-corrected chi connectivity index (χ4v) is 2.60. The number of ether oxygens (including phenoxy) is 2. The van der Waals surface area contributed by atoms with Crippen molar-refractivity contribution in [2.75, 3.05) is 13.7 Å². The van der Waals surface area contributed by atoms with Gasteiger partial charge in [-0.15, -0.1) is 12.4 Å². The molecular formula is C18H22ClN3O3. The van der Waals surface area contributed by atoms with E-state index < -0.39 is 0 Å². The highest BCUT2D eigenvalue weighted by Gasteiger charge is 2.21. The van der Waals surface area contributed by atoms with E-state index in [9.17, 15) is 4.79 Å². The molecule has 2 N–H and O–H groups in total. The molecule has 0 aliphatic carbocycles. The summed E-state index contributed by atoms with van der Waals surface area (Å²) in [6.07, 6.45) is 3.62. The third kappa shape index (κ3) is 5.34. The fraction of sp³-hybridized carbons (Fsp3) is 0.333. The summed E-state index contributed by atoms with van der Waals surface area (Å²) in [5, 5.41) is 6.13. The Morgan fingerprint density at radius 2 is 2.04 bits per heavy atom. The molecule has 0 saturated carbocycles. The number of methoxy groups -OCH3 is 1. The molecule has 0 spiro atoms. The number of rotatable bonds is 6. The van der Waals surface area contributed by atoms with Crippen molar-refractivity contribution in [2.24, 2.45) is 0 Å². The summed E-state index contributed by atoms with van der Waals surface area (Å²) < 4.78 is 10.9. The van der Waals surface area contributed by atoms with E-state index in [1.807, 2.05) is 36.4 Å². The summed E-state index contributed by atoms with van der Waals surface area (Å²) in [5.74, 6) is 1.99. The summed E-state index contributed by atoms with van der Waals surface area (Å²) in [6, 6.07) is 10.9. The van der Waals surface area contributed by atoms with Gasteiger partial charge in [-0.05, 0) is 55.3 Å². The van der Waals surface area contributed by atoms with Gasteiger partial charge in [0.25, 0.3) is 0 Å². The zero-order chi connectivity index (χ0) is 16.8. The molecule has 134 valence electrons. The molecule has 25 heavy (non-hydrogen) atoms. The number of hydrogen-bond acceptors (Lipinski definition) is 5. The minimum Gasteiger partial charge on any atom is -0.497 e. The number of benzene rings is 1. The molecule has 7 heteroatoms. The van der Waals surface area contributed by atoms with E-state index in [1.165, 1.54) is 0 Å². The molecule has 1 unspecified atom stereocenters. The van der Waals surface area contributed by atoms with Crippen LogP contribution in [0.4, 0.5) is 0 Å². The third-order valence-electron chi connectivity index (χ3n) is 3.92. The first-order valence-corrected chi connectivity index (χ1v) is 8.02. The molecule has 0 radical (unpaired) electrons. The summed E-state index contributed by atoms with van der Waals surface area (Å²) >= 11 is 0. The normalized spacial score (nSPS) is 16.0. The number of carbonyl (C=O) groups excluding carboxylic acids is 1. The molecule has 1 aromatic heterocycles. The van der Waals surface area contributed by atoms with E-state index >= 15 is 0 Å². The average Bonchev–Trinajstić information content (AvgIpc) is 3.15. The maximum absolute atomic E-state index is 12.0. The Labute approximate surface area is 153 Å². The van der Waals surface area contributed by atoms with Crippen molar-refractivity contribution in [3.63, 3.8) is 0 Å². The van der Waals surface area contributed by atoms with E-state index in [0.717, 1.165) is 30.7 Å². The molecule has 2 aromatic rings. The smallest absolute Gasteiger partial charge is 0.237 e. The lowest BCUT2D eigenvalue weighted by Gasteiger charge is -2.11. The van der Waals surface area contributed by atoms with Crippen LogP contribution in [0.1, 0.15) is 18.4 Å². The van der Waals surface area contributed by atoms with E-state index in [1.54, 1.807) is 13.3 Å². The molecule has 2 heterocycles. The van der Waals surface area contributed by atoms with Gasteiger partial charge in [-0.1, -0.05) is 0 Å². The van der Waals surface area contributed by atoms with Crippen LogP contribution in [0.3, 0.4) is 0 Å². The highest BCUT2D eigenvalue weighted by Crippen LogP contribution is 2.22. The standard InChI is InChI=1S/C18H21N3O3.ClH/c1-23-14-4-6-15(7-5-14)24-17-11-13(8-10-20-17)12-21-18(22)16-3-2-9-19-16;/h4-8,10-11,16,19H,2-3,9,12H2,1H3,(H,21,22);1H. The molecule has 3 rings (SSSR count). The Bertz CT molecular complexity index is 688. The summed E-state index contributed by atoms with van der Waals surface area (Å²) in [7, 11) is 1.62. The van der Waals surface area contributed by atoms with Crippen LogP contribution in [0, 0.1) is 0 Å². The predicted octanol–water partition coefficient (Wildman–Crippen LogP) is 2.67. The molecule has 1 saturated heterocycles. The quantitative estimate of drug-likeness (QED) is 0.825. The lowest BCUT2D eigenvalue weighted by molar-refractivity contribution is -0.122. The van der Waals surface area contributed by atoms with Crippen molar-refractivity contribution in [3.05, 3.63) is 48.2 Å². The van der Waals surface area contributed by atoms with Crippen LogP contribution < -0.4 is 20.1 Å². The topological polar surface area (TPSA) is 72.5 Å². The van der Waals surface area contributed by atoms with Gasteiger partial charge < -0.3 is 20.1 Å². The third-order valence-corrected chi connectivity index (χ3v) is 3.92. The van der Waals surface area contributed by atoms with Gasteiger partial charge in [-0.3, -0.25) is 4.79 Å². The first-order valence-electron chi connectivity index (χ1n) is 8.02. The summed E-state index contributed by atoms with van der Waals surface area (Å²) in [4.78, 5) is 16.2. The lowest BCUT2D eigenvalue weighted by Crippen LogP contribution is -2.39. The molecular weight excluding hydrogens is 342 g/mol. The number of pyridine rings is 1. The molecule has 0 bridgehead atoms. The largest absolute Gasteiger partial charge is 0.497 e. The Morgan fingerprint density at radius 1 is 1.28 bits per heavy atom. The van der Waals surface area contributed by atoms with Gasteiger partial charge in [0, 0.05) is 18.8 Å². The van der Waals surface area contributed by atoms with Crippen molar-refractivity contribution in [1.82, 2.24) is 15.6 Å². The van der Waals surface area contributed by atoms with Gasteiger partial charge in [-0.2, -0.15) is 0 Å². The van der Waals surface area contributed by atoms with Crippen molar-refractivity contribution >= 4 is 18.3 Å². The van der Waals surface area contributed by atoms with Gasteiger partial charge in [-0.25, -0.2) is 4.98 Å². The average molecular weight is 364 g/mol. The van der Waals surface area contributed by atoms with Gasteiger partial charge in [0.1, 0.15) is 11.5 Å². The van der Waals surface area contributed by atoms with Gasteiger partial charge >= 0.3 is 0 Å². The Hall–Kier alpha value is -2.31. The van der Waals surface area contributed by atoms with Crippen LogP contribution in [0.2, 0.25) is 0 Å². The van der Waals surface area contributed by atoms with Gasteiger partial charge in [0.05, 0.1) is 13.2 Å². The Morgan fingerprint density at radius 3 is 2.72 bits per heavy atom. The number of nitrogens with one attached hydrogen (secondary N) is 2. The van der Waals surface area contributed by atoms with Crippen LogP contribution in [-0.2, 0) is 11.3 Å². The minimum absolute atomic E-state index is 0. The second kappa shape index (κ2) is 9.25.